The number of allylic oxidation sites excluding steroid dienone is 1. The van der Waals surface area contributed by atoms with Gasteiger partial charge in [-0.25, -0.2) is 4.68 Å². The monoisotopic (exact) mass is 543 g/mol. The summed E-state index contributed by atoms with van der Waals surface area (Å²) >= 11 is 7.97. The van der Waals surface area contributed by atoms with E-state index < -0.39 is 6.04 Å². The van der Waals surface area contributed by atoms with E-state index >= 15 is 0 Å². The van der Waals surface area contributed by atoms with Crippen LogP contribution in [0.1, 0.15) is 46.3 Å². The summed E-state index contributed by atoms with van der Waals surface area (Å²) in [7, 11) is 0. The smallest absolute Gasteiger partial charge is 0.255 e. The van der Waals surface area contributed by atoms with Crippen LogP contribution in [0.15, 0.2) is 77.1 Å². The molecule has 0 fully saturated rings. The zero-order chi connectivity index (χ0) is 27.0. The van der Waals surface area contributed by atoms with E-state index in [0.717, 1.165) is 33.8 Å². The maximum absolute atomic E-state index is 13.8. The molecule has 1 amide bonds. The maximum Gasteiger partial charge on any atom is 0.255 e. The van der Waals surface area contributed by atoms with E-state index in [4.69, 9.17) is 21.7 Å². The Kier molecular flexibility index (Phi) is 7.32. The first-order chi connectivity index (χ1) is 18.2. The molecule has 0 spiro atoms. The molecular weight excluding hydrogens is 514 g/mol. The van der Waals surface area contributed by atoms with Crippen LogP contribution in [0, 0.1) is 27.7 Å². The number of amides is 1. The summed E-state index contributed by atoms with van der Waals surface area (Å²) in [5, 5.41) is 12.5. The summed E-state index contributed by atoms with van der Waals surface area (Å²) in [6.45, 7) is 10.1. The summed E-state index contributed by atoms with van der Waals surface area (Å²) in [6.07, 6.45) is 0. The Morgan fingerprint density at radius 1 is 1.00 bits per heavy atom. The number of nitrogens with one attached hydrogen (secondary N) is 2. The van der Waals surface area contributed by atoms with Gasteiger partial charge in [-0.3, -0.25) is 4.79 Å². The highest BCUT2D eigenvalue weighted by Gasteiger charge is 2.34. The molecule has 1 aliphatic heterocycles. The number of aromatic nitrogens is 3. The third-order valence-electron chi connectivity index (χ3n) is 6.73. The van der Waals surface area contributed by atoms with Crippen molar-refractivity contribution in [3.05, 3.63) is 110 Å². The lowest BCUT2D eigenvalue weighted by Gasteiger charge is -2.29. The first-order valence-corrected chi connectivity index (χ1v) is 13.8. The van der Waals surface area contributed by atoms with Gasteiger partial charge < -0.3 is 10.6 Å². The largest absolute Gasteiger partial charge is 0.328 e. The van der Waals surface area contributed by atoms with Gasteiger partial charge in [0.1, 0.15) is 6.04 Å². The van der Waals surface area contributed by atoms with Crippen molar-refractivity contribution in [1.29, 1.82) is 0 Å². The predicted molar refractivity (Wildman–Crippen MR) is 156 cm³/mol. The standard InChI is InChI=1S/C30H30ClN5OS/c1-17-10-12-25(20(4)13-17)33-28(37)26-21(5)32-29-34-30(38-16-23-14-18(2)9-11-19(23)3)35-36(29)27(26)22-7-6-8-24(31)15-22/h6-15,27H,16H2,1-5H3,(H,33,37)(H,32,34,35)/t27-/m0/s1. The topological polar surface area (TPSA) is 71.8 Å². The van der Waals surface area contributed by atoms with E-state index in [-0.39, 0.29) is 5.91 Å². The number of benzene rings is 3. The number of hydrogen-bond acceptors (Lipinski definition) is 5. The number of nitrogens with zero attached hydrogens (tertiary/aromatic N) is 3. The highest BCUT2D eigenvalue weighted by molar-refractivity contribution is 7.98. The quantitative estimate of drug-likeness (QED) is 0.248. The van der Waals surface area contributed by atoms with Crippen molar-refractivity contribution < 1.29 is 4.79 Å². The Morgan fingerprint density at radius 2 is 1.76 bits per heavy atom. The van der Waals surface area contributed by atoms with Crippen molar-refractivity contribution in [1.82, 2.24) is 14.8 Å². The summed E-state index contributed by atoms with van der Waals surface area (Å²) in [4.78, 5) is 18.5. The summed E-state index contributed by atoms with van der Waals surface area (Å²) < 4.78 is 1.79. The molecule has 0 aliphatic carbocycles. The molecule has 1 aliphatic rings. The number of aryl methyl sites for hydroxylation is 4. The van der Waals surface area contributed by atoms with Gasteiger partial charge in [0.2, 0.25) is 11.1 Å². The minimum absolute atomic E-state index is 0.197. The fraction of sp³-hybridized carbons (Fsp3) is 0.233. The van der Waals surface area contributed by atoms with Gasteiger partial charge in [0, 0.05) is 22.2 Å². The number of carbonyl (C=O) groups excluding carboxylic acids is 1. The van der Waals surface area contributed by atoms with E-state index in [2.05, 4.69) is 48.7 Å². The van der Waals surface area contributed by atoms with Crippen LogP contribution < -0.4 is 10.6 Å². The van der Waals surface area contributed by atoms with Crippen molar-refractivity contribution in [2.45, 2.75) is 51.6 Å². The number of thioether (sulfide) groups is 1. The van der Waals surface area contributed by atoms with Gasteiger partial charge in [0.25, 0.3) is 5.91 Å². The Morgan fingerprint density at radius 3 is 2.53 bits per heavy atom. The van der Waals surface area contributed by atoms with Crippen LogP contribution >= 0.6 is 23.4 Å². The van der Waals surface area contributed by atoms with Gasteiger partial charge in [0.05, 0.1) is 5.57 Å². The zero-order valence-corrected chi connectivity index (χ0v) is 23.7. The van der Waals surface area contributed by atoms with Crippen LogP contribution in [0.2, 0.25) is 5.02 Å². The van der Waals surface area contributed by atoms with Gasteiger partial charge in [-0.2, -0.15) is 4.98 Å². The fourth-order valence-corrected chi connectivity index (χ4v) is 5.80. The maximum atomic E-state index is 13.8. The normalized spacial score (nSPS) is 14.7. The average Bonchev–Trinajstić information content (AvgIpc) is 3.27. The van der Waals surface area contributed by atoms with Crippen molar-refractivity contribution in [2.24, 2.45) is 0 Å². The second-order valence-electron chi connectivity index (χ2n) is 9.77. The van der Waals surface area contributed by atoms with E-state index in [9.17, 15) is 4.79 Å². The third kappa shape index (κ3) is 5.35. The molecule has 0 saturated carbocycles. The minimum Gasteiger partial charge on any atom is -0.328 e. The van der Waals surface area contributed by atoms with Crippen LogP contribution in [0.25, 0.3) is 0 Å². The first-order valence-electron chi connectivity index (χ1n) is 12.5. The van der Waals surface area contributed by atoms with E-state index in [1.165, 1.54) is 16.7 Å². The molecule has 0 unspecified atom stereocenters. The fourth-order valence-electron chi connectivity index (χ4n) is 4.71. The number of halogens is 1. The number of carbonyl (C=O) groups is 1. The highest BCUT2D eigenvalue weighted by Crippen LogP contribution is 2.38. The van der Waals surface area contributed by atoms with Crippen molar-refractivity contribution >= 4 is 40.9 Å². The van der Waals surface area contributed by atoms with Gasteiger partial charge >= 0.3 is 0 Å². The second-order valence-corrected chi connectivity index (χ2v) is 11.2. The van der Waals surface area contributed by atoms with Crippen LogP contribution in [0.5, 0.6) is 0 Å². The van der Waals surface area contributed by atoms with Gasteiger partial charge in [-0.1, -0.05) is 77.0 Å². The molecule has 0 saturated heterocycles. The van der Waals surface area contributed by atoms with Crippen LogP contribution in [0.4, 0.5) is 11.6 Å². The lowest BCUT2D eigenvalue weighted by molar-refractivity contribution is -0.113. The highest BCUT2D eigenvalue weighted by atomic mass is 35.5. The molecule has 4 aromatic rings. The molecule has 5 rings (SSSR count). The Bertz CT molecular complexity index is 1570. The van der Waals surface area contributed by atoms with E-state index in [1.807, 2.05) is 57.2 Å². The van der Waals surface area contributed by atoms with Crippen LogP contribution in [-0.2, 0) is 10.5 Å². The summed E-state index contributed by atoms with van der Waals surface area (Å²) in [5.74, 6) is 1.15. The molecule has 1 atom stereocenters. The number of fused-ring (bicyclic) bond motifs is 1. The van der Waals surface area contributed by atoms with Gasteiger partial charge in [-0.05, 0) is 75.1 Å². The number of anilines is 2. The summed E-state index contributed by atoms with van der Waals surface area (Å²) in [6, 6.07) is 19.5. The van der Waals surface area contributed by atoms with Crippen molar-refractivity contribution in [3.63, 3.8) is 0 Å². The molecular formula is C30H30ClN5OS. The lowest BCUT2D eigenvalue weighted by atomic mass is 9.95. The second kappa shape index (κ2) is 10.7. The Labute approximate surface area is 232 Å². The Balaban J connectivity index is 1.50. The molecule has 8 heteroatoms. The van der Waals surface area contributed by atoms with Crippen LogP contribution in [-0.4, -0.2) is 20.7 Å². The minimum atomic E-state index is -0.488. The van der Waals surface area contributed by atoms with Crippen molar-refractivity contribution in [3.8, 4) is 0 Å². The molecule has 194 valence electrons. The number of rotatable bonds is 6. The molecule has 2 N–H and O–H groups in total. The molecule has 0 radical (unpaired) electrons. The molecule has 38 heavy (non-hydrogen) atoms. The van der Waals surface area contributed by atoms with Crippen molar-refractivity contribution in [2.75, 3.05) is 10.6 Å². The van der Waals surface area contributed by atoms with Gasteiger partial charge in [-0.15, -0.1) is 5.10 Å². The molecule has 6 nitrogen and oxygen atoms in total. The number of hydrogen-bond donors (Lipinski definition) is 2. The average molecular weight is 544 g/mol. The molecule has 1 aromatic heterocycles. The van der Waals surface area contributed by atoms with Crippen LogP contribution in [0.3, 0.4) is 0 Å². The molecule has 0 bridgehead atoms. The first kappa shape index (κ1) is 26.1. The van der Waals surface area contributed by atoms with Gasteiger partial charge in [0.15, 0.2) is 0 Å². The third-order valence-corrected chi connectivity index (χ3v) is 7.86. The molecule has 2 heterocycles. The molecule has 3 aromatic carbocycles. The zero-order valence-electron chi connectivity index (χ0n) is 22.1. The summed E-state index contributed by atoms with van der Waals surface area (Å²) in [5.41, 5.74) is 8.80. The van der Waals surface area contributed by atoms with E-state index in [0.29, 0.717) is 21.7 Å². The van der Waals surface area contributed by atoms with E-state index in [1.54, 1.807) is 16.4 Å². The SMILES string of the molecule is CC1=C(C(=O)Nc2ccc(C)cc2C)[C@H](c2cccc(Cl)c2)n2nc(SCc3cc(C)ccc3C)nc2N1. The lowest BCUT2D eigenvalue weighted by Crippen LogP contribution is -2.31. The predicted octanol–water partition coefficient (Wildman–Crippen LogP) is 7.39. The Hall–Kier alpha value is -3.55.